The molecule has 0 saturated carbocycles. The first kappa shape index (κ1) is 44.5. The minimum absolute atomic E-state index is 0.00954. The van der Waals surface area contributed by atoms with Crippen LogP contribution < -0.4 is 18.9 Å². The highest BCUT2D eigenvalue weighted by atomic mass is 35.5. The molecule has 6 rings (SSSR count). The number of carbonyl (C=O) groups excluding carboxylic acids is 1. The molecule has 0 radical (unpaired) electrons. The third-order valence-corrected chi connectivity index (χ3v) is 12.7. The maximum Gasteiger partial charge on any atom is 0.263 e. The molecule has 2 heterocycles. The lowest BCUT2D eigenvalue weighted by Crippen LogP contribution is -2.17. The minimum atomic E-state index is -4.11. The summed E-state index contributed by atoms with van der Waals surface area (Å²) in [5, 5.41) is 0.353. The van der Waals surface area contributed by atoms with Crippen molar-refractivity contribution in [2.75, 3.05) is 9.44 Å². The van der Waals surface area contributed by atoms with Crippen molar-refractivity contribution < 1.29 is 39.5 Å². The van der Waals surface area contributed by atoms with Gasteiger partial charge < -0.3 is 9.47 Å². The van der Waals surface area contributed by atoms with Crippen molar-refractivity contribution in [3.8, 4) is 11.5 Å². The monoisotopic (exact) mass is 897 g/mol. The summed E-state index contributed by atoms with van der Waals surface area (Å²) in [5.74, 6) is 0.281. The zero-order chi connectivity index (χ0) is 43.0. The van der Waals surface area contributed by atoms with Gasteiger partial charge in [0.2, 0.25) is 9.84 Å². The summed E-state index contributed by atoms with van der Waals surface area (Å²) in [6.45, 7) is 7.46. The SMILES string of the molecule is CC(C)Oc1ccc(S(=O)(=O)Nc2ccc(Cl)cc2C(=O)c2cncnc2)cc1.CC(C)Oc1ccc(S(=O)(=O)Nc2ncc(Cl)cc2S(=O)(=O)c2ccccc2)cc1. The molecule has 0 atom stereocenters. The summed E-state index contributed by atoms with van der Waals surface area (Å²) in [7, 11) is -12.1. The number of hydrogen-bond donors (Lipinski definition) is 2. The predicted octanol–water partition coefficient (Wildman–Crippen LogP) is 8.10. The van der Waals surface area contributed by atoms with E-state index in [0.717, 1.165) is 6.07 Å². The molecular weight excluding hydrogens is 862 g/mol. The highest BCUT2D eigenvalue weighted by Gasteiger charge is 2.26. The van der Waals surface area contributed by atoms with Crippen LogP contribution in [0.1, 0.15) is 43.6 Å². The Morgan fingerprint density at radius 1 is 0.610 bits per heavy atom. The van der Waals surface area contributed by atoms with Gasteiger partial charge in [-0.3, -0.25) is 14.2 Å². The number of benzene rings is 4. The zero-order valence-electron chi connectivity index (χ0n) is 31.8. The van der Waals surface area contributed by atoms with Crippen molar-refractivity contribution in [1.82, 2.24) is 15.0 Å². The van der Waals surface area contributed by atoms with E-state index in [4.69, 9.17) is 32.7 Å². The number of sulfonamides is 2. The lowest BCUT2D eigenvalue weighted by atomic mass is 10.0. The molecule has 4 aromatic carbocycles. The van der Waals surface area contributed by atoms with Gasteiger partial charge in [-0.25, -0.2) is 40.2 Å². The first-order valence-corrected chi connectivity index (χ1v) is 22.7. The van der Waals surface area contributed by atoms with Crippen molar-refractivity contribution in [3.63, 3.8) is 0 Å². The van der Waals surface area contributed by atoms with Crippen LogP contribution in [0.4, 0.5) is 11.5 Å². The van der Waals surface area contributed by atoms with Gasteiger partial charge in [0.05, 0.1) is 43.2 Å². The summed E-state index contributed by atoms with van der Waals surface area (Å²) in [4.78, 5) is 24.0. The average molecular weight is 899 g/mol. The number of anilines is 2. The molecule has 0 bridgehead atoms. The Bertz CT molecular complexity index is 2750. The van der Waals surface area contributed by atoms with Crippen LogP contribution in [-0.2, 0) is 29.9 Å². The Labute approximate surface area is 352 Å². The third-order valence-electron chi connectivity index (χ3n) is 7.70. The second kappa shape index (κ2) is 19.0. The van der Waals surface area contributed by atoms with E-state index in [1.54, 1.807) is 30.3 Å². The minimum Gasteiger partial charge on any atom is -0.491 e. The van der Waals surface area contributed by atoms with Crippen LogP contribution in [0, 0.1) is 0 Å². The number of ether oxygens (including phenoxy) is 2. The molecule has 0 saturated heterocycles. The van der Waals surface area contributed by atoms with E-state index in [0.29, 0.717) is 16.5 Å². The lowest BCUT2D eigenvalue weighted by molar-refractivity contribution is 0.103. The van der Waals surface area contributed by atoms with Crippen LogP contribution in [-0.4, -0.2) is 58.2 Å². The van der Waals surface area contributed by atoms with Crippen molar-refractivity contribution in [1.29, 1.82) is 0 Å². The molecule has 2 N–H and O–H groups in total. The van der Waals surface area contributed by atoms with Crippen molar-refractivity contribution >= 4 is 70.4 Å². The molecule has 0 aliphatic carbocycles. The molecule has 0 amide bonds. The number of nitrogens with one attached hydrogen (secondary N) is 2. The van der Waals surface area contributed by atoms with Crippen LogP contribution in [0.3, 0.4) is 0 Å². The average Bonchev–Trinajstić information content (AvgIpc) is 3.19. The van der Waals surface area contributed by atoms with Crippen LogP contribution in [0.2, 0.25) is 10.0 Å². The van der Waals surface area contributed by atoms with E-state index in [9.17, 15) is 30.0 Å². The molecule has 0 fully saturated rings. The summed E-state index contributed by atoms with van der Waals surface area (Å²) in [6, 6.07) is 24.9. The third kappa shape index (κ3) is 11.8. The van der Waals surface area contributed by atoms with E-state index >= 15 is 0 Å². The number of rotatable bonds is 14. The Morgan fingerprint density at radius 3 is 1.66 bits per heavy atom. The predicted molar refractivity (Wildman–Crippen MR) is 224 cm³/mol. The Kier molecular flexibility index (Phi) is 14.3. The number of pyridine rings is 1. The summed E-state index contributed by atoms with van der Waals surface area (Å²) in [5.41, 5.74) is 0.409. The zero-order valence-corrected chi connectivity index (χ0v) is 35.7. The van der Waals surface area contributed by atoms with E-state index in [1.807, 2.05) is 27.7 Å². The second-order valence-corrected chi connectivity index (χ2v) is 19.1. The molecule has 0 unspecified atom stereocenters. The van der Waals surface area contributed by atoms with Crippen LogP contribution in [0.25, 0.3) is 0 Å². The first-order chi connectivity index (χ1) is 27.9. The van der Waals surface area contributed by atoms with Gasteiger partial charge in [0.25, 0.3) is 20.0 Å². The number of nitrogens with zero attached hydrogens (tertiary/aromatic N) is 3. The maximum absolute atomic E-state index is 13.0. The van der Waals surface area contributed by atoms with E-state index in [-0.39, 0.29) is 59.4 Å². The van der Waals surface area contributed by atoms with Crippen molar-refractivity contribution in [2.45, 2.75) is 59.5 Å². The number of halogens is 2. The number of hydrogen-bond acceptors (Lipinski definition) is 12. The van der Waals surface area contributed by atoms with Crippen LogP contribution in [0.5, 0.6) is 11.5 Å². The molecule has 0 aliphatic rings. The molecule has 59 heavy (non-hydrogen) atoms. The van der Waals surface area contributed by atoms with Crippen LogP contribution in [0.15, 0.2) is 148 Å². The second-order valence-electron chi connectivity index (χ2n) is 12.9. The molecule has 6 aromatic rings. The fourth-order valence-corrected chi connectivity index (χ4v) is 9.10. The quantitative estimate of drug-likeness (QED) is 0.0997. The highest BCUT2D eigenvalue weighted by molar-refractivity contribution is 7.93. The van der Waals surface area contributed by atoms with Gasteiger partial charge in [0.15, 0.2) is 11.6 Å². The van der Waals surface area contributed by atoms with Gasteiger partial charge in [0.1, 0.15) is 22.7 Å². The summed E-state index contributed by atoms with van der Waals surface area (Å²) in [6.07, 6.45) is 5.08. The van der Waals surface area contributed by atoms with E-state index in [2.05, 4.69) is 24.4 Å². The van der Waals surface area contributed by atoms with Gasteiger partial charge >= 0.3 is 0 Å². The van der Waals surface area contributed by atoms with E-state index in [1.165, 1.54) is 91.6 Å². The molecule has 0 aliphatic heterocycles. The molecule has 14 nitrogen and oxygen atoms in total. The Hall–Kier alpha value is -5.59. The summed E-state index contributed by atoms with van der Waals surface area (Å²) < 4.78 is 93.0. The molecule has 19 heteroatoms. The van der Waals surface area contributed by atoms with Gasteiger partial charge in [-0.05, 0) is 113 Å². The normalized spacial score (nSPS) is 11.7. The topological polar surface area (TPSA) is 201 Å². The number of ketones is 1. The van der Waals surface area contributed by atoms with Gasteiger partial charge in [-0.2, -0.15) is 0 Å². The maximum atomic E-state index is 13.0. The van der Waals surface area contributed by atoms with Crippen molar-refractivity contribution in [3.05, 3.63) is 149 Å². The Morgan fingerprint density at radius 2 is 1.14 bits per heavy atom. The van der Waals surface area contributed by atoms with Gasteiger partial charge in [-0.1, -0.05) is 41.4 Å². The Balaban J connectivity index is 0.000000224. The fraction of sp³-hybridized carbons (Fsp3) is 0.150. The van der Waals surface area contributed by atoms with Gasteiger partial charge in [-0.15, -0.1) is 0 Å². The number of aromatic nitrogens is 3. The van der Waals surface area contributed by atoms with Crippen molar-refractivity contribution in [2.24, 2.45) is 0 Å². The molecule has 2 aromatic heterocycles. The number of sulfone groups is 1. The fourth-order valence-electron chi connectivity index (χ4n) is 5.12. The lowest BCUT2D eigenvalue weighted by Gasteiger charge is -2.14. The van der Waals surface area contributed by atoms with Crippen LogP contribution >= 0.6 is 23.2 Å². The number of carbonyl (C=O) groups is 1. The molecule has 308 valence electrons. The summed E-state index contributed by atoms with van der Waals surface area (Å²) >= 11 is 12.0. The smallest absolute Gasteiger partial charge is 0.263 e. The molecule has 0 spiro atoms. The molecular formula is C40H37Cl2N5O9S3. The highest BCUT2D eigenvalue weighted by Crippen LogP contribution is 2.31. The first-order valence-electron chi connectivity index (χ1n) is 17.5. The van der Waals surface area contributed by atoms with E-state index < -0.39 is 35.7 Å². The van der Waals surface area contributed by atoms with Gasteiger partial charge in [0, 0.05) is 29.2 Å². The standard InChI is InChI=1S/C20H18ClN3O4S.C20H19ClN2O5S2/c1-13(2)28-16-4-6-17(7-5-16)29(26,27)24-19-8-3-15(21)9-18(19)20(25)14-10-22-12-23-11-14;1-14(2)28-16-8-10-18(11-9-16)30(26,27)23-20-19(12-15(21)13-22-20)29(24,25)17-6-4-3-5-7-17/h3-13,24H,1-2H3;3-14H,1-2H3,(H,22,23). The largest absolute Gasteiger partial charge is 0.491 e.